The molecule has 0 heterocycles. The van der Waals surface area contributed by atoms with Crippen molar-refractivity contribution in [1.82, 2.24) is 0 Å². The second-order valence-electron chi connectivity index (χ2n) is 5.96. The number of aliphatic carboxylic acids is 1. The predicted octanol–water partition coefficient (Wildman–Crippen LogP) is 6.03. The lowest BCUT2D eigenvalue weighted by molar-refractivity contribution is -0.139. The van der Waals surface area contributed by atoms with Gasteiger partial charge in [-0.1, -0.05) is 60.1 Å². The highest BCUT2D eigenvalue weighted by molar-refractivity contribution is 7.99. The van der Waals surface area contributed by atoms with E-state index in [1.807, 2.05) is 48.5 Å². The fraction of sp³-hybridized carbons (Fsp3) is 0.0870. The molecule has 28 heavy (non-hydrogen) atoms. The van der Waals surface area contributed by atoms with Crippen molar-refractivity contribution in [2.45, 2.75) is 4.90 Å². The summed E-state index contributed by atoms with van der Waals surface area (Å²) in [6.07, 6.45) is 2.19. The minimum Gasteiger partial charge on any atom is -0.482 e. The van der Waals surface area contributed by atoms with Crippen LogP contribution >= 0.6 is 23.4 Å². The lowest BCUT2D eigenvalue weighted by Gasteiger charge is -2.10. The van der Waals surface area contributed by atoms with Gasteiger partial charge < -0.3 is 9.84 Å². The second kappa shape index (κ2) is 10.0. The number of carboxylic acid groups (broad SMARTS) is 1. The molecule has 5 heteroatoms. The van der Waals surface area contributed by atoms with Crippen LogP contribution in [0.5, 0.6) is 5.75 Å². The molecule has 142 valence electrons. The lowest BCUT2D eigenvalue weighted by atomic mass is 9.98. The van der Waals surface area contributed by atoms with Crippen molar-refractivity contribution in [2.75, 3.05) is 12.4 Å². The summed E-state index contributed by atoms with van der Waals surface area (Å²) in [4.78, 5) is 11.6. The average Bonchev–Trinajstić information content (AvgIpc) is 2.71. The first-order chi connectivity index (χ1) is 13.6. The minimum atomic E-state index is -0.988. The number of hydrogen-bond donors (Lipinski definition) is 1. The molecule has 0 unspecified atom stereocenters. The van der Waals surface area contributed by atoms with Crippen LogP contribution in [0.4, 0.5) is 0 Å². The normalized spacial score (nSPS) is 11.2. The Hall–Kier alpha value is -2.69. The van der Waals surface area contributed by atoms with Gasteiger partial charge in [-0.2, -0.15) is 0 Å². The Bertz CT molecular complexity index is 953. The first kappa shape index (κ1) is 20.1. The van der Waals surface area contributed by atoms with Gasteiger partial charge in [0.1, 0.15) is 5.75 Å². The van der Waals surface area contributed by atoms with Crippen LogP contribution < -0.4 is 4.74 Å². The highest BCUT2D eigenvalue weighted by atomic mass is 35.5. The Labute approximate surface area is 173 Å². The first-order valence-corrected chi connectivity index (χ1v) is 10.1. The highest BCUT2D eigenvalue weighted by Crippen LogP contribution is 2.28. The van der Waals surface area contributed by atoms with E-state index in [4.69, 9.17) is 21.4 Å². The Morgan fingerprint density at radius 2 is 1.68 bits per heavy atom. The van der Waals surface area contributed by atoms with E-state index in [0.29, 0.717) is 10.8 Å². The zero-order valence-electron chi connectivity index (χ0n) is 15.0. The zero-order chi connectivity index (χ0) is 19.8. The highest BCUT2D eigenvalue weighted by Gasteiger charge is 2.06. The lowest BCUT2D eigenvalue weighted by Crippen LogP contribution is -2.09. The van der Waals surface area contributed by atoms with Crippen LogP contribution in [0.2, 0.25) is 5.02 Å². The monoisotopic (exact) mass is 410 g/mol. The number of ether oxygens (including phenoxy) is 1. The topological polar surface area (TPSA) is 46.5 Å². The summed E-state index contributed by atoms with van der Waals surface area (Å²) in [7, 11) is 0. The molecule has 0 spiro atoms. The Morgan fingerprint density at radius 1 is 0.964 bits per heavy atom. The van der Waals surface area contributed by atoms with Crippen LogP contribution in [0.1, 0.15) is 11.1 Å². The first-order valence-electron chi connectivity index (χ1n) is 8.71. The van der Waals surface area contributed by atoms with E-state index in [1.54, 1.807) is 23.9 Å². The summed E-state index contributed by atoms with van der Waals surface area (Å²) >= 11 is 7.88. The van der Waals surface area contributed by atoms with Crippen molar-refractivity contribution in [3.63, 3.8) is 0 Å². The van der Waals surface area contributed by atoms with Crippen LogP contribution in [0.3, 0.4) is 0 Å². The van der Waals surface area contributed by atoms with Gasteiger partial charge in [-0.25, -0.2) is 4.79 Å². The smallest absolute Gasteiger partial charge is 0.341 e. The number of hydrogen-bond acceptors (Lipinski definition) is 3. The Morgan fingerprint density at radius 3 is 2.36 bits per heavy atom. The van der Waals surface area contributed by atoms with E-state index in [1.165, 1.54) is 0 Å². The largest absolute Gasteiger partial charge is 0.482 e. The number of halogens is 1. The molecule has 0 saturated heterocycles. The molecule has 0 aliphatic rings. The predicted molar refractivity (Wildman–Crippen MR) is 115 cm³/mol. The van der Waals surface area contributed by atoms with Crippen LogP contribution in [0.25, 0.3) is 5.57 Å². The summed E-state index contributed by atoms with van der Waals surface area (Å²) in [5.41, 5.74) is 3.36. The number of thioether (sulfide) groups is 1. The van der Waals surface area contributed by atoms with Gasteiger partial charge in [-0.3, -0.25) is 0 Å². The van der Waals surface area contributed by atoms with Gasteiger partial charge in [-0.15, -0.1) is 11.8 Å². The fourth-order valence-corrected chi connectivity index (χ4v) is 3.64. The molecule has 0 bridgehead atoms. The zero-order valence-corrected chi connectivity index (χ0v) is 16.6. The molecule has 0 radical (unpaired) electrons. The number of benzene rings is 3. The standard InChI is InChI=1S/C23H19ClO3S/c24-19-8-4-7-18(15-19)22(17-5-2-1-3-6-17)13-14-28-21-11-9-20(10-12-21)27-16-23(25)26/h1-13,15H,14,16H2,(H,25,26). The molecule has 0 aromatic heterocycles. The van der Waals surface area contributed by atoms with Crippen LogP contribution in [-0.2, 0) is 4.79 Å². The molecule has 1 N–H and O–H groups in total. The van der Waals surface area contributed by atoms with Gasteiger partial charge in [0.05, 0.1) is 0 Å². The molecule has 0 fully saturated rings. The Balaban J connectivity index is 1.72. The molecule has 3 aromatic carbocycles. The van der Waals surface area contributed by atoms with Gasteiger partial charge in [0.15, 0.2) is 6.61 Å². The third-order valence-corrected chi connectivity index (χ3v) is 5.12. The van der Waals surface area contributed by atoms with Gasteiger partial charge >= 0.3 is 5.97 Å². The summed E-state index contributed by atoms with van der Waals surface area (Å²) in [6, 6.07) is 25.5. The van der Waals surface area contributed by atoms with Gasteiger partial charge in [0.2, 0.25) is 0 Å². The molecule has 3 aromatic rings. The summed E-state index contributed by atoms with van der Waals surface area (Å²) in [5.74, 6) is 0.343. The molecule has 0 aliphatic carbocycles. The quantitative estimate of drug-likeness (QED) is 0.461. The van der Waals surface area contributed by atoms with E-state index >= 15 is 0 Å². The maximum absolute atomic E-state index is 10.6. The minimum absolute atomic E-state index is 0.338. The number of carbonyl (C=O) groups is 1. The molecule has 3 rings (SSSR count). The van der Waals surface area contributed by atoms with Gasteiger partial charge in [0.25, 0.3) is 0 Å². The van der Waals surface area contributed by atoms with Crippen LogP contribution in [-0.4, -0.2) is 23.4 Å². The van der Waals surface area contributed by atoms with Gasteiger partial charge in [0, 0.05) is 15.7 Å². The van der Waals surface area contributed by atoms with E-state index in [-0.39, 0.29) is 6.61 Å². The SMILES string of the molecule is O=C(O)COc1ccc(SCC=C(c2ccccc2)c2cccc(Cl)c2)cc1. The third-order valence-electron chi connectivity index (χ3n) is 3.94. The summed E-state index contributed by atoms with van der Waals surface area (Å²) in [5, 5.41) is 9.37. The molecular formula is C23H19ClO3S. The van der Waals surface area contributed by atoms with Crippen molar-refractivity contribution >= 4 is 34.9 Å². The second-order valence-corrected chi connectivity index (χ2v) is 7.49. The Kier molecular flexibility index (Phi) is 7.18. The average molecular weight is 411 g/mol. The molecule has 0 atom stereocenters. The van der Waals surface area contributed by atoms with Crippen molar-refractivity contribution in [1.29, 1.82) is 0 Å². The van der Waals surface area contributed by atoms with Crippen molar-refractivity contribution in [3.05, 3.63) is 101 Å². The van der Waals surface area contributed by atoms with Crippen LogP contribution in [0, 0.1) is 0 Å². The molecule has 3 nitrogen and oxygen atoms in total. The van der Waals surface area contributed by atoms with E-state index < -0.39 is 5.97 Å². The molecule has 0 aliphatic heterocycles. The molecule has 0 amide bonds. The molecule has 0 saturated carbocycles. The van der Waals surface area contributed by atoms with Crippen LogP contribution in [0.15, 0.2) is 89.8 Å². The maximum Gasteiger partial charge on any atom is 0.341 e. The maximum atomic E-state index is 10.6. The number of carboxylic acids is 1. The van der Waals surface area contributed by atoms with Crippen molar-refractivity contribution < 1.29 is 14.6 Å². The van der Waals surface area contributed by atoms with E-state index in [2.05, 4.69) is 24.3 Å². The van der Waals surface area contributed by atoms with E-state index in [9.17, 15) is 4.79 Å². The van der Waals surface area contributed by atoms with Crippen molar-refractivity contribution in [3.8, 4) is 5.75 Å². The van der Waals surface area contributed by atoms with Gasteiger partial charge in [-0.05, 0) is 53.1 Å². The number of rotatable bonds is 8. The summed E-state index contributed by atoms with van der Waals surface area (Å²) in [6.45, 7) is -0.338. The fourth-order valence-electron chi connectivity index (χ4n) is 2.67. The molecular weight excluding hydrogens is 392 g/mol. The summed E-state index contributed by atoms with van der Waals surface area (Å²) < 4.78 is 5.16. The third kappa shape index (κ3) is 5.91. The van der Waals surface area contributed by atoms with E-state index in [0.717, 1.165) is 27.3 Å². The van der Waals surface area contributed by atoms with Crippen molar-refractivity contribution in [2.24, 2.45) is 0 Å².